The highest BCUT2D eigenvalue weighted by Crippen LogP contribution is 2.27. The van der Waals surface area contributed by atoms with E-state index in [9.17, 15) is 14.9 Å². The smallest absolute Gasteiger partial charge is 0.329 e. The van der Waals surface area contributed by atoms with Crippen LogP contribution in [0.15, 0.2) is 12.4 Å². The van der Waals surface area contributed by atoms with Crippen LogP contribution in [0.1, 0.15) is 10.4 Å². The quantitative estimate of drug-likeness (QED) is 0.392. The molecule has 0 fully saturated rings. The number of aromatic nitrogens is 1. The Balaban J connectivity index is 3.35. The highest BCUT2D eigenvalue weighted by Gasteiger charge is 2.18. The van der Waals surface area contributed by atoms with Crippen molar-refractivity contribution in [3.05, 3.63) is 28.1 Å². The molecule has 0 spiro atoms. The van der Waals surface area contributed by atoms with E-state index < -0.39 is 4.92 Å². The number of carbonyl (C=O) groups is 1. The van der Waals surface area contributed by atoms with Crippen molar-refractivity contribution >= 4 is 12.0 Å². The summed E-state index contributed by atoms with van der Waals surface area (Å²) in [7, 11) is 1.26. The molecule has 0 saturated carbocycles. The van der Waals surface area contributed by atoms with Gasteiger partial charge in [-0.3, -0.25) is 19.9 Å². The molecular formula is C7H6N2O4. The molecule has 0 N–H and O–H groups in total. The number of aldehydes is 1. The highest BCUT2D eigenvalue weighted by molar-refractivity contribution is 5.81. The van der Waals surface area contributed by atoms with Gasteiger partial charge in [-0.15, -0.1) is 0 Å². The molecule has 68 valence electrons. The fraction of sp³-hybridized carbons (Fsp3) is 0.143. The number of pyridine rings is 1. The minimum absolute atomic E-state index is 0.0602. The van der Waals surface area contributed by atoms with Crippen molar-refractivity contribution in [3.63, 3.8) is 0 Å². The van der Waals surface area contributed by atoms with Crippen LogP contribution < -0.4 is 4.74 Å². The Morgan fingerprint density at radius 3 is 2.77 bits per heavy atom. The molecule has 6 heteroatoms. The Labute approximate surface area is 73.3 Å². The summed E-state index contributed by atoms with van der Waals surface area (Å²) in [4.78, 5) is 23.7. The maximum Gasteiger partial charge on any atom is 0.329 e. The predicted octanol–water partition coefficient (Wildman–Crippen LogP) is 0.811. The van der Waals surface area contributed by atoms with Crippen molar-refractivity contribution < 1.29 is 14.5 Å². The van der Waals surface area contributed by atoms with Gasteiger partial charge in [0.15, 0.2) is 6.29 Å². The number of methoxy groups -OCH3 is 1. The van der Waals surface area contributed by atoms with Crippen molar-refractivity contribution in [1.82, 2.24) is 4.98 Å². The number of rotatable bonds is 3. The lowest BCUT2D eigenvalue weighted by Crippen LogP contribution is -1.98. The first-order chi connectivity index (χ1) is 6.20. The molecule has 0 atom stereocenters. The second-order valence-electron chi connectivity index (χ2n) is 2.16. The molecule has 0 unspecified atom stereocenters. The zero-order valence-electron chi connectivity index (χ0n) is 6.76. The molecule has 1 heterocycles. The van der Waals surface area contributed by atoms with Crippen LogP contribution in [0.25, 0.3) is 0 Å². The lowest BCUT2D eigenvalue weighted by Gasteiger charge is -2.01. The average Bonchev–Trinajstić information content (AvgIpc) is 2.16. The highest BCUT2D eigenvalue weighted by atomic mass is 16.6. The molecule has 0 aliphatic rings. The van der Waals surface area contributed by atoms with E-state index in [0.29, 0.717) is 6.29 Å². The summed E-state index contributed by atoms with van der Waals surface area (Å²) in [6.45, 7) is 0. The molecular weight excluding hydrogens is 176 g/mol. The minimum Gasteiger partial charge on any atom is -0.490 e. The number of nitrogens with zero attached hydrogens (tertiary/aromatic N) is 2. The van der Waals surface area contributed by atoms with Gasteiger partial charge in [0.2, 0.25) is 5.75 Å². The standard InChI is InChI=1S/C7H6N2O4/c1-13-7-5(4-10)2-8-3-6(7)9(11)12/h2-4H,1H3. The molecule has 0 radical (unpaired) electrons. The Bertz CT molecular complexity index is 350. The van der Waals surface area contributed by atoms with Crippen molar-refractivity contribution in [2.75, 3.05) is 7.11 Å². The molecule has 0 saturated heterocycles. The first kappa shape index (κ1) is 9.11. The summed E-state index contributed by atoms with van der Waals surface area (Å²) in [5.41, 5.74) is -0.246. The minimum atomic E-state index is -0.654. The maximum absolute atomic E-state index is 10.4. The van der Waals surface area contributed by atoms with Crippen LogP contribution in [0.3, 0.4) is 0 Å². The second kappa shape index (κ2) is 3.61. The van der Waals surface area contributed by atoms with Gasteiger partial charge in [-0.1, -0.05) is 0 Å². The number of hydrogen-bond acceptors (Lipinski definition) is 5. The zero-order valence-corrected chi connectivity index (χ0v) is 6.76. The van der Waals surface area contributed by atoms with Crippen LogP contribution in [0.4, 0.5) is 5.69 Å². The summed E-state index contributed by atoms with van der Waals surface area (Å²) in [6, 6.07) is 0. The summed E-state index contributed by atoms with van der Waals surface area (Å²) < 4.78 is 4.72. The topological polar surface area (TPSA) is 82.3 Å². The molecule has 0 aliphatic heterocycles. The zero-order chi connectivity index (χ0) is 9.84. The predicted molar refractivity (Wildman–Crippen MR) is 42.8 cm³/mol. The van der Waals surface area contributed by atoms with Gasteiger partial charge < -0.3 is 4.74 Å². The molecule has 0 aromatic carbocycles. The van der Waals surface area contributed by atoms with Gasteiger partial charge in [0.25, 0.3) is 0 Å². The van der Waals surface area contributed by atoms with E-state index in [4.69, 9.17) is 4.74 Å². The fourth-order valence-corrected chi connectivity index (χ4v) is 0.890. The second-order valence-corrected chi connectivity index (χ2v) is 2.16. The number of carbonyl (C=O) groups excluding carboxylic acids is 1. The molecule has 0 bridgehead atoms. The summed E-state index contributed by atoms with van der Waals surface area (Å²) in [5.74, 6) is -0.0602. The Hall–Kier alpha value is -1.98. The Morgan fingerprint density at radius 1 is 1.62 bits per heavy atom. The monoisotopic (exact) mass is 182 g/mol. The Kier molecular flexibility index (Phi) is 2.53. The molecule has 0 amide bonds. The van der Waals surface area contributed by atoms with Crippen molar-refractivity contribution in [3.8, 4) is 5.75 Å². The summed E-state index contributed by atoms with van der Waals surface area (Å²) in [5, 5.41) is 10.4. The molecule has 1 aromatic heterocycles. The van der Waals surface area contributed by atoms with Crippen LogP contribution in [0.5, 0.6) is 5.75 Å². The van der Waals surface area contributed by atoms with Gasteiger partial charge in [-0.25, -0.2) is 0 Å². The average molecular weight is 182 g/mol. The number of hydrogen-bond donors (Lipinski definition) is 0. The third-order valence-electron chi connectivity index (χ3n) is 1.43. The van der Waals surface area contributed by atoms with Crippen LogP contribution >= 0.6 is 0 Å². The van der Waals surface area contributed by atoms with Gasteiger partial charge >= 0.3 is 5.69 Å². The van der Waals surface area contributed by atoms with Gasteiger partial charge in [-0.2, -0.15) is 0 Å². The summed E-state index contributed by atoms with van der Waals surface area (Å²) in [6.07, 6.45) is 2.70. The first-order valence-electron chi connectivity index (χ1n) is 3.32. The SMILES string of the molecule is COc1c(C=O)cncc1[N+](=O)[O-]. The van der Waals surface area contributed by atoms with E-state index in [1.54, 1.807) is 0 Å². The molecule has 0 aliphatic carbocycles. The summed E-state index contributed by atoms with van der Waals surface area (Å²) >= 11 is 0. The molecule has 13 heavy (non-hydrogen) atoms. The third kappa shape index (κ3) is 1.61. The van der Waals surface area contributed by atoms with Crippen molar-refractivity contribution in [2.24, 2.45) is 0 Å². The van der Waals surface area contributed by atoms with Gasteiger partial charge in [0.1, 0.15) is 6.20 Å². The first-order valence-corrected chi connectivity index (χ1v) is 3.32. The van der Waals surface area contributed by atoms with E-state index in [1.807, 2.05) is 0 Å². The van der Waals surface area contributed by atoms with E-state index in [1.165, 1.54) is 13.3 Å². The van der Waals surface area contributed by atoms with Crippen molar-refractivity contribution in [2.45, 2.75) is 0 Å². The largest absolute Gasteiger partial charge is 0.490 e. The van der Waals surface area contributed by atoms with E-state index in [2.05, 4.69) is 4.98 Å². The normalized spacial score (nSPS) is 9.31. The van der Waals surface area contributed by atoms with E-state index in [-0.39, 0.29) is 17.0 Å². The molecule has 6 nitrogen and oxygen atoms in total. The Morgan fingerprint density at radius 2 is 2.31 bits per heavy atom. The van der Waals surface area contributed by atoms with Crippen LogP contribution in [0, 0.1) is 10.1 Å². The maximum atomic E-state index is 10.4. The molecule has 1 aromatic rings. The molecule has 1 rings (SSSR count). The van der Waals surface area contributed by atoms with Crippen molar-refractivity contribution in [1.29, 1.82) is 0 Å². The number of nitro groups is 1. The van der Waals surface area contributed by atoms with Crippen LogP contribution in [-0.4, -0.2) is 23.3 Å². The van der Waals surface area contributed by atoms with Crippen LogP contribution in [0.2, 0.25) is 0 Å². The van der Waals surface area contributed by atoms with Crippen LogP contribution in [-0.2, 0) is 0 Å². The van der Waals surface area contributed by atoms with Gasteiger partial charge in [0.05, 0.1) is 17.6 Å². The van der Waals surface area contributed by atoms with E-state index in [0.717, 1.165) is 6.20 Å². The van der Waals surface area contributed by atoms with E-state index >= 15 is 0 Å². The number of ether oxygens (including phenoxy) is 1. The lowest BCUT2D eigenvalue weighted by atomic mass is 10.2. The lowest BCUT2D eigenvalue weighted by molar-refractivity contribution is -0.386. The third-order valence-corrected chi connectivity index (χ3v) is 1.43. The van der Waals surface area contributed by atoms with Gasteiger partial charge in [-0.05, 0) is 0 Å². The fourth-order valence-electron chi connectivity index (χ4n) is 0.890. The van der Waals surface area contributed by atoms with Gasteiger partial charge in [0, 0.05) is 6.20 Å².